The van der Waals surface area contributed by atoms with E-state index in [0.717, 1.165) is 35.6 Å². The lowest BCUT2D eigenvalue weighted by atomic mass is 9.81. The van der Waals surface area contributed by atoms with E-state index in [4.69, 9.17) is 9.47 Å². The van der Waals surface area contributed by atoms with Crippen LogP contribution >= 0.6 is 0 Å². The molecule has 0 radical (unpaired) electrons. The van der Waals surface area contributed by atoms with Crippen molar-refractivity contribution in [3.05, 3.63) is 84.5 Å². The number of ether oxygens (including phenoxy) is 2. The Bertz CT molecular complexity index is 926. The molecule has 0 N–H and O–H groups in total. The van der Waals surface area contributed by atoms with Gasteiger partial charge in [-0.1, -0.05) is 66.8 Å². The predicted octanol–water partition coefficient (Wildman–Crippen LogP) is 7.59. The molecule has 1 aliphatic heterocycles. The van der Waals surface area contributed by atoms with Gasteiger partial charge in [0.05, 0.1) is 13.2 Å². The monoisotopic (exact) mass is 436 g/mol. The fraction of sp³-hybridized carbons (Fsp3) is 0.357. The van der Waals surface area contributed by atoms with E-state index < -0.39 is 6.08 Å². The molecule has 2 aromatic carbocycles. The van der Waals surface area contributed by atoms with Crippen molar-refractivity contribution < 1.29 is 18.3 Å². The molecule has 2 nitrogen and oxygen atoms in total. The zero-order valence-electron chi connectivity index (χ0n) is 18.3. The second kappa shape index (κ2) is 10.8. The molecule has 1 saturated carbocycles. The van der Waals surface area contributed by atoms with Crippen molar-refractivity contribution >= 4 is 12.2 Å². The fourth-order valence-electron chi connectivity index (χ4n) is 4.50. The molecule has 0 aromatic heterocycles. The van der Waals surface area contributed by atoms with Crippen LogP contribution in [0.5, 0.6) is 0 Å². The molecule has 0 amide bonds. The van der Waals surface area contributed by atoms with E-state index >= 15 is 0 Å². The number of halogens is 2. The first-order chi connectivity index (χ1) is 15.6. The lowest BCUT2D eigenvalue weighted by molar-refractivity contribution is -0.222. The SMILES string of the molecule is C=CC1CCC(C2OCC(/C=C/c3ccc(-c4ccc(C=C(F)F)cc4)cc3)CO2)CC1. The maximum atomic E-state index is 12.4. The fourth-order valence-corrected chi connectivity index (χ4v) is 4.50. The van der Waals surface area contributed by atoms with Crippen molar-refractivity contribution in [2.24, 2.45) is 17.8 Å². The summed E-state index contributed by atoms with van der Waals surface area (Å²) in [5.74, 6) is 1.41. The first-order valence-electron chi connectivity index (χ1n) is 11.4. The van der Waals surface area contributed by atoms with Crippen LogP contribution in [0.3, 0.4) is 0 Å². The quantitative estimate of drug-likeness (QED) is 0.434. The first kappa shape index (κ1) is 22.6. The van der Waals surface area contributed by atoms with Gasteiger partial charge in [-0.05, 0) is 53.9 Å². The smallest absolute Gasteiger partial charge is 0.270 e. The van der Waals surface area contributed by atoms with Crippen molar-refractivity contribution in [1.29, 1.82) is 0 Å². The van der Waals surface area contributed by atoms with Crippen LogP contribution in [0.25, 0.3) is 23.3 Å². The molecule has 0 atom stereocenters. The van der Waals surface area contributed by atoms with Gasteiger partial charge in [0.25, 0.3) is 6.08 Å². The summed E-state index contributed by atoms with van der Waals surface area (Å²) in [5.41, 5.74) is 3.66. The Morgan fingerprint density at radius 1 is 0.781 bits per heavy atom. The van der Waals surface area contributed by atoms with Gasteiger partial charge in [0.2, 0.25) is 0 Å². The van der Waals surface area contributed by atoms with Gasteiger partial charge in [-0.3, -0.25) is 0 Å². The highest BCUT2D eigenvalue weighted by molar-refractivity contribution is 5.67. The van der Waals surface area contributed by atoms with E-state index in [1.54, 1.807) is 12.1 Å². The second-order valence-electron chi connectivity index (χ2n) is 8.74. The highest BCUT2D eigenvalue weighted by atomic mass is 19.3. The van der Waals surface area contributed by atoms with E-state index in [9.17, 15) is 8.78 Å². The van der Waals surface area contributed by atoms with Gasteiger partial charge in [-0.25, -0.2) is 0 Å². The summed E-state index contributed by atoms with van der Waals surface area (Å²) >= 11 is 0. The molecule has 4 heteroatoms. The average molecular weight is 437 g/mol. The van der Waals surface area contributed by atoms with Gasteiger partial charge in [-0.15, -0.1) is 6.58 Å². The summed E-state index contributed by atoms with van der Waals surface area (Å²) in [6.45, 7) is 5.30. The molecule has 1 heterocycles. The molecule has 2 aliphatic rings. The van der Waals surface area contributed by atoms with Crippen molar-refractivity contribution in [3.63, 3.8) is 0 Å². The second-order valence-corrected chi connectivity index (χ2v) is 8.74. The van der Waals surface area contributed by atoms with E-state index in [-0.39, 0.29) is 12.2 Å². The molecule has 1 aliphatic carbocycles. The van der Waals surface area contributed by atoms with Crippen LogP contribution in [0, 0.1) is 17.8 Å². The minimum Gasteiger partial charge on any atom is -0.352 e. The predicted molar refractivity (Wildman–Crippen MR) is 126 cm³/mol. The molecule has 2 aromatic rings. The Kier molecular flexibility index (Phi) is 7.67. The summed E-state index contributed by atoms with van der Waals surface area (Å²) in [4.78, 5) is 0. The summed E-state index contributed by atoms with van der Waals surface area (Å²) in [5, 5.41) is 0. The van der Waals surface area contributed by atoms with E-state index in [0.29, 0.717) is 30.6 Å². The van der Waals surface area contributed by atoms with Gasteiger partial charge in [0.15, 0.2) is 6.29 Å². The Balaban J connectivity index is 1.27. The third-order valence-electron chi connectivity index (χ3n) is 6.48. The number of hydrogen-bond donors (Lipinski definition) is 0. The van der Waals surface area contributed by atoms with Crippen molar-refractivity contribution in [3.8, 4) is 11.1 Å². The van der Waals surface area contributed by atoms with Gasteiger partial charge in [0, 0.05) is 17.9 Å². The number of hydrogen-bond acceptors (Lipinski definition) is 2. The Hall–Kier alpha value is -2.56. The highest BCUT2D eigenvalue weighted by Crippen LogP contribution is 2.34. The number of rotatable bonds is 6. The Morgan fingerprint density at radius 2 is 1.34 bits per heavy atom. The van der Waals surface area contributed by atoms with Crippen molar-refractivity contribution in [2.45, 2.75) is 32.0 Å². The van der Waals surface area contributed by atoms with Crippen molar-refractivity contribution in [2.75, 3.05) is 13.2 Å². The van der Waals surface area contributed by atoms with Gasteiger partial charge in [-0.2, -0.15) is 8.78 Å². The summed E-state index contributed by atoms with van der Waals surface area (Å²) in [6, 6.07) is 15.3. The molecule has 0 unspecified atom stereocenters. The van der Waals surface area contributed by atoms with E-state index in [1.165, 1.54) is 12.8 Å². The molecule has 0 bridgehead atoms. The number of allylic oxidation sites excluding steroid dienone is 1. The first-order valence-corrected chi connectivity index (χ1v) is 11.4. The molecule has 1 saturated heterocycles. The number of benzene rings is 2. The van der Waals surface area contributed by atoms with E-state index in [1.807, 2.05) is 24.3 Å². The summed E-state index contributed by atoms with van der Waals surface area (Å²) in [7, 11) is 0. The molecule has 168 valence electrons. The van der Waals surface area contributed by atoms with Crippen LogP contribution in [-0.2, 0) is 9.47 Å². The molecule has 0 spiro atoms. The maximum absolute atomic E-state index is 12.4. The van der Waals surface area contributed by atoms with Crippen LogP contribution < -0.4 is 0 Å². The van der Waals surface area contributed by atoms with Crippen LogP contribution in [-0.4, -0.2) is 19.5 Å². The maximum Gasteiger partial charge on any atom is 0.270 e. The van der Waals surface area contributed by atoms with Crippen LogP contribution in [0.2, 0.25) is 0 Å². The molecule has 2 fully saturated rings. The van der Waals surface area contributed by atoms with Crippen LogP contribution in [0.1, 0.15) is 36.8 Å². The van der Waals surface area contributed by atoms with Crippen LogP contribution in [0.15, 0.2) is 73.3 Å². The zero-order chi connectivity index (χ0) is 22.3. The minimum atomic E-state index is -1.69. The summed E-state index contributed by atoms with van der Waals surface area (Å²) < 4.78 is 36.8. The van der Waals surface area contributed by atoms with Gasteiger partial charge < -0.3 is 9.47 Å². The third kappa shape index (κ3) is 6.02. The molecule has 32 heavy (non-hydrogen) atoms. The topological polar surface area (TPSA) is 18.5 Å². The minimum absolute atomic E-state index is 0.0621. The van der Waals surface area contributed by atoms with Crippen molar-refractivity contribution in [1.82, 2.24) is 0 Å². The standard InChI is InChI=1S/C28H30F2O2/c1-2-20-5-15-26(16-6-20)28-31-18-23(19-32-28)4-3-21-7-11-24(12-8-21)25-13-9-22(10-14-25)17-27(29)30/h2-4,7-14,17,20,23,26,28H,1,5-6,15-16,18-19H2/b4-3+. The normalized spacial score (nSPS) is 26.1. The van der Waals surface area contributed by atoms with Crippen LogP contribution in [0.4, 0.5) is 8.78 Å². The third-order valence-corrected chi connectivity index (χ3v) is 6.48. The van der Waals surface area contributed by atoms with Gasteiger partial charge in [0.1, 0.15) is 0 Å². The van der Waals surface area contributed by atoms with E-state index in [2.05, 4.69) is 36.9 Å². The molecular formula is C28H30F2O2. The summed E-state index contributed by atoms with van der Waals surface area (Å²) in [6.07, 6.45) is 10.1. The molecule has 4 rings (SSSR count). The average Bonchev–Trinajstić information content (AvgIpc) is 2.84. The highest BCUT2D eigenvalue weighted by Gasteiger charge is 2.31. The molecular weight excluding hydrogens is 406 g/mol. The Morgan fingerprint density at radius 3 is 1.88 bits per heavy atom. The van der Waals surface area contributed by atoms with Gasteiger partial charge >= 0.3 is 0 Å². The largest absolute Gasteiger partial charge is 0.352 e. The Labute approximate surface area is 189 Å². The zero-order valence-corrected chi connectivity index (χ0v) is 18.3. The lowest BCUT2D eigenvalue weighted by Gasteiger charge is -2.36. The lowest BCUT2D eigenvalue weighted by Crippen LogP contribution is -2.37.